The van der Waals surface area contributed by atoms with Crippen molar-refractivity contribution < 1.29 is 4.74 Å². The van der Waals surface area contributed by atoms with Gasteiger partial charge in [-0.1, -0.05) is 54.6 Å². The summed E-state index contributed by atoms with van der Waals surface area (Å²) >= 11 is 0. The zero-order chi connectivity index (χ0) is 14.7. The van der Waals surface area contributed by atoms with E-state index in [2.05, 4.69) is 53.8 Å². The van der Waals surface area contributed by atoms with Crippen LogP contribution < -0.4 is 5.32 Å². The lowest BCUT2D eigenvalue weighted by molar-refractivity contribution is 0.0530. The normalized spacial score (nSPS) is 17.4. The number of methoxy groups -OCH3 is 1. The average Bonchev–Trinajstić information content (AvgIpc) is 3.38. The van der Waals surface area contributed by atoms with Crippen molar-refractivity contribution >= 4 is 0 Å². The van der Waals surface area contributed by atoms with Crippen LogP contribution in [0.15, 0.2) is 54.6 Å². The number of benzene rings is 2. The molecule has 0 heterocycles. The Kier molecular flexibility index (Phi) is 4.37. The lowest BCUT2D eigenvalue weighted by atomic mass is 9.95. The van der Waals surface area contributed by atoms with Crippen LogP contribution in [0.1, 0.15) is 24.4 Å². The third-order valence-corrected chi connectivity index (χ3v) is 4.38. The van der Waals surface area contributed by atoms with Crippen molar-refractivity contribution in [3.8, 4) is 11.1 Å². The minimum Gasteiger partial charge on any atom is -0.379 e. The summed E-state index contributed by atoms with van der Waals surface area (Å²) in [6.07, 6.45) is 2.86. The zero-order valence-corrected chi connectivity index (χ0v) is 12.8. The second-order valence-electron chi connectivity index (χ2n) is 5.79. The van der Waals surface area contributed by atoms with Crippen molar-refractivity contribution in [1.29, 1.82) is 0 Å². The molecule has 2 heteroatoms. The van der Waals surface area contributed by atoms with E-state index in [9.17, 15) is 0 Å². The molecule has 0 spiro atoms. The number of ether oxygens (including phenoxy) is 1. The molecule has 1 fully saturated rings. The summed E-state index contributed by atoms with van der Waals surface area (Å²) in [5, 5.41) is 3.42. The number of nitrogens with one attached hydrogen (secondary N) is 1. The van der Waals surface area contributed by atoms with Gasteiger partial charge in [0.2, 0.25) is 0 Å². The van der Waals surface area contributed by atoms with Crippen molar-refractivity contribution in [3.05, 3.63) is 60.2 Å². The smallest absolute Gasteiger partial charge is 0.0793 e. The maximum absolute atomic E-state index is 5.73. The molecule has 2 unspecified atom stereocenters. The molecule has 2 aromatic rings. The van der Waals surface area contributed by atoms with Crippen LogP contribution in [-0.4, -0.2) is 20.3 Å². The molecule has 3 rings (SSSR count). The van der Waals surface area contributed by atoms with E-state index in [4.69, 9.17) is 4.74 Å². The Balaban J connectivity index is 1.82. The van der Waals surface area contributed by atoms with Gasteiger partial charge in [0.25, 0.3) is 0 Å². The van der Waals surface area contributed by atoms with Crippen molar-refractivity contribution in [2.24, 2.45) is 5.92 Å². The fourth-order valence-corrected chi connectivity index (χ4v) is 3.06. The van der Waals surface area contributed by atoms with Gasteiger partial charge in [0.05, 0.1) is 12.1 Å². The molecule has 0 amide bonds. The molecule has 1 aliphatic rings. The minimum absolute atomic E-state index is 0.271. The van der Waals surface area contributed by atoms with E-state index < -0.39 is 0 Å². The Bertz CT molecular complexity index is 560. The number of rotatable bonds is 6. The minimum atomic E-state index is 0.271. The monoisotopic (exact) mass is 281 g/mol. The summed E-state index contributed by atoms with van der Waals surface area (Å²) < 4.78 is 5.73. The van der Waals surface area contributed by atoms with E-state index in [1.54, 1.807) is 0 Å². The van der Waals surface area contributed by atoms with E-state index in [-0.39, 0.29) is 12.1 Å². The molecule has 2 atom stereocenters. The number of hydrogen-bond donors (Lipinski definition) is 1. The highest BCUT2D eigenvalue weighted by Gasteiger charge is 2.36. The molecule has 21 heavy (non-hydrogen) atoms. The van der Waals surface area contributed by atoms with Gasteiger partial charge < -0.3 is 10.1 Å². The maximum Gasteiger partial charge on any atom is 0.0793 e. The van der Waals surface area contributed by atoms with E-state index in [0.717, 1.165) is 0 Å². The van der Waals surface area contributed by atoms with Crippen LogP contribution in [0.3, 0.4) is 0 Å². The van der Waals surface area contributed by atoms with Gasteiger partial charge in [-0.3, -0.25) is 0 Å². The lowest BCUT2D eigenvalue weighted by Crippen LogP contribution is -2.32. The number of likely N-dealkylation sites (N-methyl/N-ethyl adjacent to an activating group) is 1. The van der Waals surface area contributed by atoms with Gasteiger partial charge in [0.1, 0.15) is 0 Å². The highest BCUT2D eigenvalue weighted by molar-refractivity contribution is 5.63. The van der Waals surface area contributed by atoms with Crippen LogP contribution >= 0.6 is 0 Å². The largest absolute Gasteiger partial charge is 0.379 e. The Morgan fingerprint density at radius 2 is 1.57 bits per heavy atom. The fourth-order valence-electron chi connectivity index (χ4n) is 3.06. The van der Waals surface area contributed by atoms with Gasteiger partial charge in [-0.2, -0.15) is 0 Å². The van der Waals surface area contributed by atoms with Crippen LogP contribution in [0.5, 0.6) is 0 Å². The SMILES string of the molecule is CNC(c1ccc(-c2ccccc2)cc1)C(OC)C1CC1. The van der Waals surface area contributed by atoms with Gasteiger partial charge in [-0.15, -0.1) is 0 Å². The standard InChI is InChI=1S/C19H23NO/c1-20-18(19(21-2)17-12-13-17)16-10-8-15(9-11-16)14-6-4-3-5-7-14/h3-11,17-20H,12-13H2,1-2H3. The van der Waals surface area contributed by atoms with E-state index >= 15 is 0 Å². The highest BCUT2D eigenvalue weighted by Crippen LogP contribution is 2.39. The van der Waals surface area contributed by atoms with Crippen molar-refractivity contribution in [1.82, 2.24) is 5.32 Å². The molecule has 1 N–H and O–H groups in total. The Labute approximate surface area is 127 Å². The molecular weight excluding hydrogens is 258 g/mol. The second-order valence-corrected chi connectivity index (χ2v) is 5.79. The first-order valence-electron chi connectivity index (χ1n) is 7.69. The van der Waals surface area contributed by atoms with Gasteiger partial charge in [-0.25, -0.2) is 0 Å². The third-order valence-electron chi connectivity index (χ3n) is 4.38. The Hall–Kier alpha value is -1.64. The van der Waals surface area contributed by atoms with Crippen LogP contribution in [-0.2, 0) is 4.74 Å². The van der Waals surface area contributed by atoms with E-state index in [1.807, 2.05) is 20.2 Å². The predicted octanol–water partition coefficient (Wildman–Crippen LogP) is 4.04. The third kappa shape index (κ3) is 3.17. The predicted molar refractivity (Wildman–Crippen MR) is 87.2 cm³/mol. The Morgan fingerprint density at radius 3 is 2.10 bits per heavy atom. The quantitative estimate of drug-likeness (QED) is 0.863. The average molecular weight is 281 g/mol. The molecule has 0 aromatic heterocycles. The summed E-state index contributed by atoms with van der Waals surface area (Å²) in [5.41, 5.74) is 3.82. The molecule has 2 nitrogen and oxygen atoms in total. The first-order valence-corrected chi connectivity index (χ1v) is 7.69. The molecule has 0 bridgehead atoms. The molecule has 0 saturated heterocycles. The molecule has 0 aliphatic heterocycles. The van der Waals surface area contributed by atoms with E-state index in [1.165, 1.54) is 29.5 Å². The zero-order valence-electron chi connectivity index (χ0n) is 12.8. The summed E-state index contributed by atoms with van der Waals surface area (Å²) in [6, 6.07) is 19.6. The number of hydrogen-bond acceptors (Lipinski definition) is 2. The maximum atomic E-state index is 5.73. The molecule has 0 radical (unpaired) electrons. The summed E-state index contributed by atoms with van der Waals surface area (Å²) in [4.78, 5) is 0. The van der Waals surface area contributed by atoms with E-state index in [0.29, 0.717) is 5.92 Å². The first-order chi connectivity index (χ1) is 10.3. The van der Waals surface area contributed by atoms with Crippen LogP contribution in [0, 0.1) is 5.92 Å². The van der Waals surface area contributed by atoms with Crippen LogP contribution in [0.2, 0.25) is 0 Å². The highest BCUT2D eigenvalue weighted by atomic mass is 16.5. The van der Waals surface area contributed by atoms with Gasteiger partial charge >= 0.3 is 0 Å². The van der Waals surface area contributed by atoms with Crippen molar-refractivity contribution in [2.75, 3.05) is 14.2 Å². The summed E-state index contributed by atoms with van der Waals surface area (Å²) in [5.74, 6) is 0.709. The van der Waals surface area contributed by atoms with Gasteiger partial charge in [-0.05, 0) is 42.5 Å². The molecule has 110 valence electrons. The second kappa shape index (κ2) is 6.42. The van der Waals surface area contributed by atoms with Gasteiger partial charge in [0.15, 0.2) is 0 Å². The van der Waals surface area contributed by atoms with Crippen molar-refractivity contribution in [2.45, 2.75) is 25.0 Å². The first kappa shape index (κ1) is 14.3. The summed E-state index contributed by atoms with van der Waals surface area (Å²) in [7, 11) is 3.84. The van der Waals surface area contributed by atoms with Crippen LogP contribution in [0.4, 0.5) is 0 Å². The Morgan fingerprint density at radius 1 is 0.952 bits per heavy atom. The summed E-state index contributed by atoms with van der Waals surface area (Å²) in [6.45, 7) is 0. The van der Waals surface area contributed by atoms with Gasteiger partial charge in [0, 0.05) is 7.11 Å². The van der Waals surface area contributed by atoms with Crippen molar-refractivity contribution in [3.63, 3.8) is 0 Å². The lowest BCUT2D eigenvalue weighted by Gasteiger charge is -2.26. The molecular formula is C19H23NO. The topological polar surface area (TPSA) is 21.3 Å². The fraction of sp³-hybridized carbons (Fsp3) is 0.368. The van der Waals surface area contributed by atoms with Crippen LogP contribution in [0.25, 0.3) is 11.1 Å². The molecule has 1 aliphatic carbocycles. The molecule has 1 saturated carbocycles. The molecule has 2 aromatic carbocycles.